The van der Waals surface area contributed by atoms with Gasteiger partial charge in [-0.1, -0.05) is 6.92 Å². The lowest BCUT2D eigenvalue weighted by Crippen LogP contribution is -2.33. The van der Waals surface area contributed by atoms with E-state index in [1.807, 2.05) is 26.0 Å². The van der Waals surface area contributed by atoms with Crippen LogP contribution in [0.4, 0.5) is 0 Å². The maximum absolute atomic E-state index is 11.5. The molecule has 0 fully saturated rings. The van der Waals surface area contributed by atoms with E-state index >= 15 is 0 Å². The van der Waals surface area contributed by atoms with Crippen LogP contribution in [-0.2, 0) is 11.3 Å². The Morgan fingerprint density at radius 3 is 2.78 bits per heavy atom. The van der Waals surface area contributed by atoms with E-state index in [4.69, 9.17) is 9.47 Å². The highest BCUT2D eigenvalue weighted by Gasteiger charge is 2.15. The molecule has 0 atom stereocenters. The lowest BCUT2D eigenvalue weighted by Gasteiger charge is -2.09. The van der Waals surface area contributed by atoms with Gasteiger partial charge in [-0.3, -0.25) is 4.79 Å². The summed E-state index contributed by atoms with van der Waals surface area (Å²) in [6.45, 7) is 5.87. The van der Waals surface area contributed by atoms with Crippen LogP contribution in [-0.4, -0.2) is 25.8 Å². The normalized spacial score (nSPS) is 12.6. The van der Waals surface area contributed by atoms with E-state index < -0.39 is 0 Å². The van der Waals surface area contributed by atoms with Gasteiger partial charge in [0.1, 0.15) is 0 Å². The van der Waals surface area contributed by atoms with Crippen LogP contribution in [0.2, 0.25) is 0 Å². The molecule has 5 heteroatoms. The highest BCUT2D eigenvalue weighted by Crippen LogP contribution is 2.34. The highest BCUT2D eigenvalue weighted by molar-refractivity contribution is 5.78. The highest BCUT2D eigenvalue weighted by atomic mass is 16.7. The van der Waals surface area contributed by atoms with Gasteiger partial charge in [-0.05, 0) is 36.7 Å². The Hall–Kier alpha value is -1.75. The minimum atomic E-state index is -0.00563. The first-order valence-electron chi connectivity index (χ1n) is 6.07. The summed E-state index contributed by atoms with van der Waals surface area (Å²) in [5.41, 5.74) is 2.13. The molecule has 1 heterocycles. The van der Waals surface area contributed by atoms with E-state index in [-0.39, 0.29) is 12.7 Å². The number of likely N-dealkylation sites (N-methyl/N-ethyl adjacent to an activating group) is 1. The number of aryl methyl sites for hydroxylation is 1. The van der Waals surface area contributed by atoms with E-state index in [1.165, 1.54) is 0 Å². The number of fused-ring (bicyclic) bond motifs is 1. The predicted molar refractivity (Wildman–Crippen MR) is 67.7 cm³/mol. The Kier molecular flexibility index (Phi) is 4.04. The molecular formula is C13H18N2O3. The van der Waals surface area contributed by atoms with Crippen molar-refractivity contribution in [3.8, 4) is 11.5 Å². The summed E-state index contributed by atoms with van der Waals surface area (Å²) < 4.78 is 10.6. The molecule has 0 radical (unpaired) electrons. The van der Waals surface area contributed by atoms with E-state index in [2.05, 4.69) is 10.6 Å². The molecule has 1 aliphatic heterocycles. The van der Waals surface area contributed by atoms with Crippen LogP contribution in [0, 0.1) is 6.92 Å². The maximum Gasteiger partial charge on any atom is 0.234 e. The zero-order valence-corrected chi connectivity index (χ0v) is 10.7. The average molecular weight is 250 g/mol. The lowest BCUT2D eigenvalue weighted by atomic mass is 10.1. The molecule has 1 aliphatic rings. The molecule has 5 nitrogen and oxygen atoms in total. The molecule has 0 aromatic heterocycles. The number of rotatable bonds is 5. The SMILES string of the molecule is CCNCC(=O)NCc1cc2c(cc1C)OCO2. The third-order valence-electron chi connectivity index (χ3n) is 2.84. The monoisotopic (exact) mass is 250 g/mol. The molecular weight excluding hydrogens is 232 g/mol. The van der Waals surface area contributed by atoms with Crippen molar-refractivity contribution >= 4 is 5.91 Å². The van der Waals surface area contributed by atoms with Crippen LogP contribution in [0.5, 0.6) is 11.5 Å². The van der Waals surface area contributed by atoms with Crippen molar-refractivity contribution < 1.29 is 14.3 Å². The van der Waals surface area contributed by atoms with Gasteiger partial charge in [0.25, 0.3) is 0 Å². The van der Waals surface area contributed by atoms with Crippen LogP contribution in [0.15, 0.2) is 12.1 Å². The van der Waals surface area contributed by atoms with Gasteiger partial charge < -0.3 is 20.1 Å². The minimum absolute atomic E-state index is 0.00563. The van der Waals surface area contributed by atoms with Gasteiger partial charge in [-0.25, -0.2) is 0 Å². The van der Waals surface area contributed by atoms with Crippen molar-refractivity contribution in [2.75, 3.05) is 19.9 Å². The first-order valence-corrected chi connectivity index (χ1v) is 6.07. The summed E-state index contributed by atoms with van der Waals surface area (Å²) in [5, 5.41) is 5.85. The van der Waals surface area contributed by atoms with Gasteiger partial charge in [-0.15, -0.1) is 0 Å². The summed E-state index contributed by atoms with van der Waals surface area (Å²) in [5.74, 6) is 1.51. The van der Waals surface area contributed by atoms with Crippen molar-refractivity contribution in [2.45, 2.75) is 20.4 Å². The number of amides is 1. The van der Waals surface area contributed by atoms with Crippen molar-refractivity contribution in [1.82, 2.24) is 10.6 Å². The molecule has 0 spiro atoms. The number of hydrogen-bond acceptors (Lipinski definition) is 4. The first kappa shape index (κ1) is 12.7. The van der Waals surface area contributed by atoms with Crippen LogP contribution in [0.3, 0.4) is 0 Å². The summed E-state index contributed by atoms with van der Waals surface area (Å²) in [6, 6.07) is 3.86. The molecule has 1 aromatic carbocycles. The molecule has 0 aliphatic carbocycles. The second-order valence-corrected chi connectivity index (χ2v) is 4.19. The largest absolute Gasteiger partial charge is 0.454 e. The molecule has 0 bridgehead atoms. The topological polar surface area (TPSA) is 59.6 Å². The number of ether oxygens (including phenoxy) is 2. The van der Waals surface area contributed by atoms with Crippen molar-refractivity contribution in [3.05, 3.63) is 23.3 Å². The van der Waals surface area contributed by atoms with Gasteiger partial charge >= 0.3 is 0 Å². The molecule has 2 rings (SSSR count). The van der Waals surface area contributed by atoms with Crippen molar-refractivity contribution in [1.29, 1.82) is 0 Å². The molecule has 2 N–H and O–H groups in total. The summed E-state index contributed by atoms with van der Waals surface area (Å²) in [4.78, 5) is 11.5. The molecule has 0 saturated heterocycles. The van der Waals surface area contributed by atoms with E-state index in [0.29, 0.717) is 13.1 Å². The third kappa shape index (κ3) is 2.92. The Labute approximate surface area is 106 Å². The van der Waals surface area contributed by atoms with Gasteiger partial charge in [0, 0.05) is 6.54 Å². The summed E-state index contributed by atoms with van der Waals surface area (Å²) >= 11 is 0. The predicted octanol–water partition coefficient (Wildman–Crippen LogP) is 0.949. The van der Waals surface area contributed by atoms with Crippen LogP contribution in [0.1, 0.15) is 18.1 Å². The summed E-state index contributed by atoms with van der Waals surface area (Å²) in [6.07, 6.45) is 0. The summed E-state index contributed by atoms with van der Waals surface area (Å²) in [7, 11) is 0. The van der Waals surface area contributed by atoms with Gasteiger partial charge in [0.2, 0.25) is 12.7 Å². The van der Waals surface area contributed by atoms with Crippen molar-refractivity contribution in [3.63, 3.8) is 0 Å². The molecule has 0 unspecified atom stereocenters. The molecule has 98 valence electrons. The Bertz CT molecular complexity index is 446. The van der Waals surface area contributed by atoms with E-state index in [9.17, 15) is 4.79 Å². The first-order chi connectivity index (χ1) is 8.70. The standard InChI is InChI=1S/C13H18N2O3/c1-3-14-7-13(16)15-6-10-5-12-11(4-9(10)2)17-8-18-12/h4-5,14H,3,6-8H2,1-2H3,(H,15,16). The van der Waals surface area contributed by atoms with E-state index in [0.717, 1.165) is 29.2 Å². The number of carbonyl (C=O) groups is 1. The smallest absolute Gasteiger partial charge is 0.234 e. The van der Waals surface area contributed by atoms with Crippen molar-refractivity contribution in [2.24, 2.45) is 0 Å². The molecule has 18 heavy (non-hydrogen) atoms. The number of carbonyl (C=O) groups excluding carboxylic acids is 1. The second-order valence-electron chi connectivity index (χ2n) is 4.19. The van der Waals surface area contributed by atoms with E-state index in [1.54, 1.807) is 0 Å². The molecule has 1 amide bonds. The van der Waals surface area contributed by atoms with Crippen LogP contribution >= 0.6 is 0 Å². The van der Waals surface area contributed by atoms with Gasteiger partial charge in [0.15, 0.2) is 11.5 Å². The lowest BCUT2D eigenvalue weighted by molar-refractivity contribution is -0.120. The third-order valence-corrected chi connectivity index (χ3v) is 2.84. The van der Waals surface area contributed by atoms with Crippen LogP contribution in [0.25, 0.3) is 0 Å². The second kappa shape index (κ2) is 5.73. The fourth-order valence-corrected chi connectivity index (χ4v) is 1.77. The fourth-order valence-electron chi connectivity index (χ4n) is 1.77. The van der Waals surface area contributed by atoms with Gasteiger partial charge in [0.05, 0.1) is 6.54 Å². The fraction of sp³-hybridized carbons (Fsp3) is 0.462. The average Bonchev–Trinajstić information content (AvgIpc) is 2.80. The zero-order valence-electron chi connectivity index (χ0n) is 10.7. The van der Waals surface area contributed by atoms with Crippen LogP contribution < -0.4 is 20.1 Å². The molecule has 1 aromatic rings. The number of benzene rings is 1. The Balaban J connectivity index is 1.95. The zero-order chi connectivity index (χ0) is 13.0. The quantitative estimate of drug-likeness (QED) is 0.817. The number of nitrogens with one attached hydrogen (secondary N) is 2. The Morgan fingerprint density at radius 2 is 2.06 bits per heavy atom. The minimum Gasteiger partial charge on any atom is -0.454 e. The Morgan fingerprint density at radius 1 is 1.33 bits per heavy atom. The number of hydrogen-bond donors (Lipinski definition) is 2. The van der Waals surface area contributed by atoms with Gasteiger partial charge in [-0.2, -0.15) is 0 Å². The maximum atomic E-state index is 11.5. The molecule has 0 saturated carbocycles.